The van der Waals surface area contributed by atoms with Crippen LogP contribution in [0.4, 0.5) is 5.82 Å². The fourth-order valence-corrected chi connectivity index (χ4v) is 2.96. The average Bonchev–Trinajstić information content (AvgIpc) is 2.43. The molecule has 4 nitrogen and oxygen atoms in total. The van der Waals surface area contributed by atoms with Crippen molar-refractivity contribution in [3.8, 4) is 0 Å². The van der Waals surface area contributed by atoms with E-state index < -0.39 is 0 Å². The molecule has 0 radical (unpaired) electrons. The average molecular weight is 263 g/mol. The van der Waals surface area contributed by atoms with E-state index in [0.29, 0.717) is 12.4 Å². The molecule has 0 aromatic carbocycles. The van der Waals surface area contributed by atoms with Gasteiger partial charge in [-0.15, -0.1) is 0 Å². The van der Waals surface area contributed by atoms with Crippen LogP contribution in [0, 0.1) is 6.92 Å². The minimum atomic E-state index is -0.307. The van der Waals surface area contributed by atoms with Crippen LogP contribution in [0.25, 0.3) is 0 Å². The fourth-order valence-electron chi connectivity index (χ4n) is 2.96. The van der Waals surface area contributed by atoms with Crippen LogP contribution < -0.4 is 5.73 Å². The van der Waals surface area contributed by atoms with Gasteiger partial charge in [-0.05, 0) is 33.1 Å². The largest absolute Gasteiger partial charge is 0.383 e. The van der Waals surface area contributed by atoms with Gasteiger partial charge in [0.05, 0.1) is 0 Å². The van der Waals surface area contributed by atoms with Gasteiger partial charge in [-0.2, -0.15) is 0 Å². The number of rotatable bonds is 4. The first-order valence-corrected chi connectivity index (χ1v) is 7.40. The van der Waals surface area contributed by atoms with Crippen molar-refractivity contribution in [2.75, 3.05) is 12.3 Å². The first kappa shape index (κ1) is 14.3. The van der Waals surface area contributed by atoms with Gasteiger partial charge in [0, 0.05) is 17.9 Å². The topological polar surface area (TPSA) is 61.0 Å². The molecule has 106 valence electrons. The molecular weight excluding hydrogens is 238 g/mol. The highest BCUT2D eigenvalue weighted by Gasteiger charge is 2.38. The van der Waals surface area contributed by atoms with Gasteiger partial charge in [-0.3, -0.25) is 0 Å². The fraction of sp³-hybridized carbons (Fsp3) is 0.733. The number of ether oxygens (including phenoxy) is 1. The van der Waals surface area contributed by atoms with Crippen LogP contribution in [0.1, 0.15) is 63.0 Å². The van der Waals surface area contributed by atoms with Gasteiger partial charge >= 0.3 is 0 Å². The molecule has 1 heterocycles. The molecule has 1 aliphatic rings. The summed E-state index contributed by atoms with van der Waals surface area (Å²) in [7, 11) is 0. The maximum Gasteiger partial charge on any atom is 0.162 e. The van der Waals surface area contributed by atoms with Crippen LogP contribution >= 0.6 is 0 Å². The molecule has 0 unspecified atom stereocenters. The zero-order valence-corrected chi connectivity index (χ0v) is 12.3. The number of aromatic nitrogens is 2. The molecule has 2 rings (SSSR count). The molecule has 2 N–H and O–H groups in total. The Bertz CT molecular complexity index is 434. The van der Waals surface area contributed by atoms with Crippen molar-refractivity contribution in [3.05, 3.63) is 17.1 Å². The second-order valence-corrected chi connectivity index (χ2v) is 5.35. The van der Waals surface area contributed by atoms with Crippen LogP contribution in [0.15, 0.2) is 0 Å². The molecule has 0 spiro atoms. The Hall–Kier alpha value is -1.16. The molecule has 1 aromatic heterocycles. The highest BCUT2D eigenvalue weighted by Crippen LogP contribution is 2.39. The molecule has 1 saturated carbocycles. The predicted molar refractivity (Wildman–Crippen MR) is 76.9 cm³/mol. The summed E-state index contributed by atoms with van der Waals surface area (Å²) in [5.74, 6) is 1.40. The number of nitrogen functional groups attached to an aromatic ring is 1. The minimum Gasteiger partial charge on any atom is -0.383 e. The van der Waals surface area contributed by atoms with Crippen LogP contribution in [-0.4, -0.2) is 16.6 Å². The maximum absolute atomic E-state index is 6.07. The zero-order valence-electron chi connectivity index (χ0n) is 12.3. The Morgan fingerprint density at radius 3 is 2.42 bits per heavy atom. The van der Waals surface area contributed by atoms with Gasteiger partial charge in [-0.25, -0.2) is 9.97 Å². The molecule has 0 atom stereocenters. The van der Waals surface area contributed by atoms with Crippen LogP contribution in [-0.2, 0) is 16.8 Å². The van der Waals surface area contributed by atoms with E-state index in [9.17, 15) is 0 Å². The third-order valence-electron chi connectivity index (χ3n) is 4.11. The smallest absolute Gasteiger partial charge is 0.162 e. The number of hydrogen-bond donors (Lipinski definition) is 1. The zero-order chi connectivity index (χ0) is 13.9. The molecule has 1 aliphatic carbocycles. The van der Waals surface area contributed by atoms with Gasteiger partial charge in [0.2, 0.25) is 0 Å². The molecule has 0 aliphatic heterocycles. The summed E-state index contributed by atoms with van der Waals surface area (Å²) in [6.45, 7) is 6.83. The molecule has 0 saturated heterocycles. The normalized spacial score (nSPS) is 18.5. The van der Waals surface area contributed by atoms with E-state index >= 15 is 0 Å². The predicted octanol–water partition coefficient (Wildman–Crippen LogP) is 3.13. The highest BCUT2D eigenvalue weighted by atomic mass is 16.5. The SMILES string of the molecule is CCOC1(c2nc(N)c(C)c(CC)n2)CCCCC1. The molecular formula is C15H25N3O. The lowest BCUT2D eigenvalue weighted by Gasteiger charge is -2.36. The summed E-state index contributed by atoms with van der Waals surface area (Å²) >= 11 is 0. The van der Waals surface area contributed by atoms with E-state index in [1.54, 1.807) is 0 Å². The van der Waals surface area contributed by atoms with Crippen molar-refractivity contribution < 1.29 is 4.74 Å². The maximum atomic E-state index is 6.07. The number of hydrogen-bond acceptors (Lipinski definition) is 4. The first-order valence-electron chi connectivity index (χ1n) is 7.40. The van der Waals surface area contributed by atoms with Crippen molar-refractivity contribution in [2.24, 2.45) is 0 Å². The van der Waals surface area contributed by atoms with E-state index in [4.69, 9.17) is 15.5 Å². The lowest BCUT2D eigenvalue weighted by atomic mass is 9.83. The summed E-state index contributed by atoms with van der Waals surface area (Å²) < 4.78 is 6.07. The van der Waals surface area contributed by atoms with E-state index in [1.165, 1.54) is 19.3 Å². The second kappa shape index (κ2) is 5.87. The third-order valence-corrected chi connectivity index (χ3v) is 4.11. The van der Waals surface area contributed by atoms with Crippen molar-refractivity contribution in [1.29, 1.82) is 0 Å². The van der Waals surface area contributed by atoms with E-state index in [1.807, 2.05) is 13.8 Å². The molecule has 0 amide bonds. The third kappa shape index (κ3) is 2.73. The lowest BCUT2D eigenvalue weighted by Crippen LogP contribution is -2.35. The lowest BCUT2D eigenvalue weighted by molar-refractivity contribution is -0.0767. The van der Waals surface area contributed by atoms with Crippen molar-refractivity contribution >= 4 is 5.82 Å². The van der Waals surface area contributed by atoms with Gasteiger partial charge in [0.15, 0.2) is 5.82 Å². The number of anilines is 1. The van der Waals surface area contributed by atoms with Gasteiger partial charge in [0.25, 0.3) is 0 Å². The number of nitrogens with two attached hydrogens (primary N) is 1. The molecule has 4 heteroatoms. The summed E-state index contributed by atoms with van der Waals surface area (Å²) in [6, 6.07) is 0. The quantitative estimate of drug-likeness (QED) is 0.906. The van der Waals surface area contributed by atoms with Crippen LogP contribution in [0.5, 0.6) is 0 Å². The van der Waals surface area contributed by atoms with Crippen molar-refractivity contribution in [1.82, 2.24) is 9.97 Å². The van der Waals surface area contributed by atoms with Crippen molar-refractivity contribution in [3.63, 3.8) is 0 Å². The Kier molecular flexibility index (Phi) is 4.40. The van der Waals surface area contributed by atoms with E-state index in [-0.39, 0.29) is 5.60 Å². The molecule has 1 aromatic rings. The van der Waals surface area contributed by atoms with E-state index in [0.717, 1.165) is 36.3 Å². The Morgan fingerprint density at radius 2 is 1.84 bits per heavy atom. The number of nitrogens with zero attached hydrogens (tertiary/aromatic N) is 2. The first-order chi connectivity index (χ1) is 9.13. The molecule has 0 bridgehead atoms. The van der Waals surface area contributed by atoms with Crippen LogP contribution in [0.2, 0.25) is 0 Å². The highest BCUT2D eigenvalue weighted by molar-refractivity contribution is 5.41. The van der Waals surface area contributed by atoms with Gasteiger partial charge in [-0.1, -0.05) is 26.2 Å². The Labute approximate surface area is 115 Å². The Balaban J connectivity index is 2.44. The molecule has 1 fully saturated rings. The van der Waals surface area contributed by atoms with Gasteiger partial charge < -0.3 is 10.5 Å². The van der Waals surface area contributed by atoms with Gasteiger partial charge in [0.1, 0.15) is 11.4 Å². The second-order valence-electron chi connectivity index (χ2n) is 5.35. The minimum absolute atomic E-state index is 0.307. The summed E-state index contributed by atoms with van der Waals surface area (Å²) in [6.07, 6.45) is 6.53. The summed E-state index contributed by atoms with van der Waals surface area (Å²) in [4.78, 5) is 9.29. The van der Waals surface area contributed by atoms with E-state index in [2.05, 4.69) is 11.9 Å². The summed E-state index contributed by atoms with van der Waals surface area (Å²) in [5, 5.41) is 0. The Morgan fingerprint density at radius 1 is 1.16 bits per heavy atom. The standard InChI is InChI=1S/C15H25N3O/c1-4-12-11(3)13(16)18-14(17-12)15(19-5-2)9-7-6-8-10-15/h4-10H2,1-3H3,(H2,16,17,18). The summed E-state index contributed by atoms with van der Waals surface area (Å²) in [5.41, 5.74) is 7.80. The van der Waals surface area contributed by atoms with Crippen molar-refractivity contribution in [2.45, 2.75) is 64.9 Å². The molecule has 19 heavy (non-hydrogen) atoms. The van der Waals surface area contributed by atoms with Crippen LogP contribution in [0.3, 0.4) is 0 Å². The monoisotopic (exact) mass is 263 g/mol. The number of aryl methyl sites for hydroxylation is 1.